The van der Waals surface area contributed by atoms with Gasteiger partial charge in [-0.05, 0) is 61.2 Å². The fourth-order valence-corrected chi connectivity index (χ4v) is 1.99. The Morgan fingerprint density at radius 3 is 2.52 bits per heavy atom. The summed E-state index contributed by atoms with van der Waals surface area (Å²) in [6.07, 6.45) is 2.84. The topological polar surface area (TPSA) is 26.3 Å². The van der Waals surface area contributed by atoms with Crippen LogP contribution in [0.3, 0.4) is 0 Å². The molecule has 0 heterocycles. The third-order valence-electron chi connectivity index (χ3n) is 3.34. The number of carbonyl (C=O) groups excluding carboxylic acids is 1. The third-order valence-corrected chi connectivity index (χ3v) is 3.34. The van der Waals surface area contributed by atoms with Crippen LogP contribution in [0.4, 0.5) is 4.39 Å². The summed E-state index contributed by atoms with van der Waals surface area (Å²) < 4.78 is 18.4. The molecule has 0 saturated heterocycles. The molecule has 0 atom stereocenters. The zero-order chi connectivity index (χ0) is 15.4. The highest BCUT2D eigenvalue weighted by molar-refractivity contribution is 5.89. The van der Waals surface area contributed by atoms with Gasteiger partial charge < -0.3 is 4.74 Å². The van der Waals surface area contributed by atoms with E-state index in [0.717, 1.165) is 16.7 Å². The van der Waals surface area contributed by atoms with Crippen LogP contribution in [-0.2, 0) is 4.79 Å². The highest BCUT2D eigenvalue weighted by atomic mass is 19.1. The Bertz CT molecular complexity index is 702. The van der Waals surface area contributed by atoms with E-state index in [1.165, 1.54) is 24.3 Å². The number of hydrogen-bond donors (Lipinski definition) is 0. The second kappa shape index (κ2) is 6.35. The Kier molecular flexibility index (Phi) is 4.53. The molecule has 0 unspecified atom stereocenters. The van der Waals surface area contributed by atoms with E-state index in [2.05, 4.69) is 0 Å². The average molecular weight is 284 g/mol. The quantitative estimate of drug-likeness (QED) is 0.475. The first-order valence-corrected chi connectivity index (χ1v) is 6.69. The van der Waals surface area contributed by atoms with E-state index in [0.29, 0.717) is 11.3 Å². The third kappa shape index (κ3) is 3.78. The summed E-state index contributed by atoms with van der Waals surface area (Å²) >= 11 is 0. The van der Waals surface area contributed by atoms with Crippen LogP contribution in [0.15, 0.2) is 42.5 Å². The van der Waals surface area contributed by atoms with Crippen molar-refractivity contribution in [1.82, 2.24) is 0 Å². The van der Waals surface area contributed by atoms with Crippen LogP contribution in [0.2, 0.25) is 0 Å². The van der Waals surface area contributed by atoms with Crippen LogP contribution in [0.5, 0.6) is 5.75 Å². The monoisotopic (exact) mass is 284 g/mol. The molecule has 0 fully saturated rings. The molecule has 2 aromatic rings. The number of aryl methyl sites for hydroxylation is 2. The zero-order valence-electron chi connectivity index (χ0n) is 12.3. The van der Waals surface area contributed by atoms with Crippen LogP contribution < -0.4 is 4.74 Å². The smallest absolute Gasteiger partial charge is 0.336 e. The van der Waals surface area contributed by atoms with E-state index in [1.54, 1.807) is 12.1 Å². The predicted octanol–water partition coefficient (Wildman–Crippen LogP) is 4.37. The van der Waals surface area contributed by atoms with Gasteiger partial charge in [-0.15, -0.1) is 0 Å². The SMILES string of the molecule is Cc1ccc(C)c(OC(=O)C=Cc2cccc(F)c2)c1C. The van der Waals surface area contributed by atoms with Crippen molar-refractivity contribution in [3.63, 3.8) is 0 Å². The average Bonchev–Trinajstić information content (AvgIpc) is 2.46. The van der Waals surface area contributed by atoms with Crippen molar-refractivity contribution in [2.24, 2.45) is 0 Å². The molecule has 0 spiro atoms. The van der Waals surface area contributed by atoms with Crippen LogP contribution in [-0.4, -0.2) is 5.97 Å². The first-order valence-electron chi connectivity index (χ1n) is 6.69. The van der Waals surface area contributed by atoms with Gasteiger partial charge in [-0.3, -0.25) is 0 Å². The van der Waals surface area contributed by atoms with Crippen LogP contribution >= 0.6 is 0 Å². The normalized spacial score (nSPS) is 10.9. The summed E-state index contributed by atoms with van der Waals surface area (Å²) in [6, 6.07) is 9.93. The van der Waals surface area contributed by atoms with Gasteiger partial charge in [0.25, 0.3) is 0 Å². The summed E-state index contributed by atoms with van der Waals surface area (Å²) in [4.78, 5) is 11.9. The maximum absolute atomic E-state index is 13.0. The van der Waals surface area contributed by atoms with Gasteiger partial charge in [-0.1, -0.05) is 24.3 Å². The maximum Gasteiger partial charge on any atom is 0.336 e. The number of benzene rings is 2. The standard InChI is InChI=1S/C18H17FO2/c1-12-7-8-13(2)18(14(12)3)21-17(20)10-9-15-5-4-6-16(19)11-15/h4-11H,1-3H3. The molecule has 0 amide bonds. The van der Waals surface area contributed by atoms with Gasteiger partial charge in [0.1, 0.15) is 11.6 Å². The largest absolute Gasteiger partial charge is 0.423 e. The van der Waals surface area contributed by atoms with Gasteiger partial charge in [0.05, 0.1) is 0 Å². The number of ether oxygens (including phenoxy) is 1. The summed E-state index contributed by atoms with van der Waals surface area (Å²) in [5, 5.41) is 0. The number of halogens is 1. The van der Waals surface area contributed by atoms with Gasteiger partial charge >= 0.3 is 5.97 Å². The Hall–Kier alpha value is -2.42. The van der Waals surface area contributed by atoms with E-state index in [1.807, 2.05) is 32.9 Å². The molecule has 0 bridgehead atoms. The lowest BCUT2D eigenvalue weighted by Gasteiger charge is -2.11. The molecule has 2 nitrogen and oxygen atoms in total. The molecular weight excluding hydrogens is 267 g/mol. The van der Waals surface area contributed by atoms with Gasteiger partial charge in [0.15, 0.2) is 0 Å². The molecule has 21 heavy (non-hydrogen) atoms. The second-order valence-corrected chi connectivity index (χ2v) is 4.96. The van der Waals surface area contributed by atoms with Crippen LogP contribution in [0.25, 0.3) is 6.08 Å². The van der Waals surface area contributed by atoms with E-state index >= 15 is 0 Å². The van der Waals surface area contributed by atoms with E-state index in [-0.39, 0.29) is 5.82 Å². The summed E-state index contributed by atoms with van der Waals surface area (Å²) in [6.45, 7) is 5.78. The zero-order valence-corrected chi connectivity index (χ0v) is 12.3. The van der Waals surface area contributed by atoms with Crippen molar-refractivity contribution in [3.8, 4) is 5.75 Å². The molecule has 0 aromatic heterocycles. The minimum absolute atomic E-state index is 0.337. The Morgan fingerprint density at radius 2 is 1.81 bits per heavy atom. The summed E-state index contributed by atoms with van der Waals surface area (Å²) in [7, 11) is 0. The van der Waals surface area contributed by atoms with Gasteiger partial charge in [0.2, 0.25) is 0 Å². The molecular formula is C18H17FO2. The number of hydrogen-bond acceptors (Lipinski definition) is 2. The molecule has 108 valence electrons. The van der Waals surface area contributed by atoms with Gasteiger partial charge in [-0.2, -0.15) is 0 Å². The Labute approximate surface area is 123 Å². The maximum atomic E-state index is 13.0. The minimum atomic E-state index is -0.476. The number of esters is 1. The lowest BCUT2D eigenvalue weighted by molar-refractivity contribution is -0.129. The lowest BCUT2D eigenvalue weighted by Crippen LogP contribution is -2.07. The van der Waals surface area contributed by atoms with Crippen molar-refractivity contribution in [2.75, 3.05) is 0 Å². The number of carbonyl (C=O) groups is 1. The highest BCUT2D eigenvalue weighted by Crippen LogP contribution is 2.25. The number of rotatable bonds is 3. The molecule has 0 saturated carbocycles. The van der Waals surface area contributed by atoms with Crippen molar-refractivity contribution in [2.45, 2.75) is 20.8 Å². The highest BCUT2D eigenvalue weighted by Gasteiger charge is 2.09. The lowest BCUT2D eigenvalue weighted by atomic mass is 10.1. The molecule has 3 heteroatoms. The molecule has 0 aliphatic carbocycles. The fraction of sp³-hybridized carbons (Fsp3) is 0.167. The van der Waals surface area contributed by atoms with Gasteiger partial charge in [-0.25, -0.2) is 9.18 Å². The first kappa shape index (κ1) is 15.0. The molecule has 2 rings (SSSR count). The van der Waals surface area contributed by atoms with Gasteiger partial charge in [0, 0.05) is 6.08 Å². The predicted molar refractivity (Wildman–Crippen MR) is 81.7 cm³/mol. The Balaban J connectivity index is 2.14. The van der Waals surface area contributed by atoms with E-state index in [4.69, 9.17) is 4.74 Å². The second-order valence-electron chi connectivity index (χ2n) is 4.96. The van der Waals surface area contributed by atoms with Crippen molar-refractivity contribution >= 4 is 12.0 Å². The molecule has 0 radical (unpaired) electrons. The summed E-state index contributed by atoms with van der Waals surface area (Å²) in [5.41, 5.74) is 3.54. The molecule has 2 aromatic carbocycles. The Morgan fingerprint density at radius 1 is 1.10 bits per heavy atom. The van der Waals surface area contributed by atoms with E-state index in [9.17, 15) is 9.18 Å². The molecule has 0 aliphatic heterocycles. The molecule has 0 aliphatic rings. The molecule has 0 N–H and O–H groups in total. The fourth-order valence-electron chi connectivity index (χ4n) is 1.99. The summed E-state index contributed by atoms with van der Waals surface area (Å²) in [5.74, 6) is -0.226. The van der Waals surface area contributed by atoms with E-state index < -0.39 is 5.97 Å². The van der Waals surface area contributed by atoms with Crippen molar-refractivity contribution in [1.29, 1.82) is 0 Å². The first-order chi connectivity index (χ1) is 9.97. The van der Waals surface area contributed by atoms with Crippen molar-refractivity contribution < 1.29 is 13.9 Å². The van der Waals surface area contributed by atoms with Crippen molar-refractivity contribution in [3.05, 3.63) is 70.5 Å². The van der Waals surface area contributed by atoms with Crippen LogP contribution in [0, 0.1) is 26.6 Å². The van der Waals surface area contributed by atoms with Crippen LogP contribution in [0.1, 0.15) is 22.3 Å². The minimum Gasteiger partial charge on any atom is -0.423 e.